The second kappa shape index (κ2) is 6.04. The highest BCUT2D eigenvalue weighted by Crippen LogP contribution is 2.37. The van der Waals surface area contributed by atoms with Crippen molar-refractivity contribution < 1.29 is 4.74 Å². The number of halogens is 2. The highest BCUT2D eigenvalue weighted by molar-refractivity contribution is 7.20. The second-order valence-electron chi connectivity index (χ2n) is 4.35. The summed E-state index contributed by atoms with van der Waals surface area (Å²) in [6.07, 6.45) is 0. The fourth-order valence-corrected chi connectivity index (χ4v) is 3.52. The van der Waals surface area contributed by atoms with Crippen LogP contribution in [0.3, 0.4) is 0 Å². The van der Waals surface area contributed by atoms with E-state index in [2.05, 4.69) is 5.32 Å². The van der Waals surface area contributed by atoms with Gasteiger partial charge in [-0.25, -0.2) is 0 Å². The Balaban J connectivity index is 2.23. The number of thiophene rings is 1. The molecule has 1 aromatic carbocycles. The van der Waals surface area contributed by atoms with E-state index in [0.717, 1.165) is 26.9 Å². The van der Waals surface area contributed by atoms with Gasteiger partial charge >= 0.3 is 0 Å². The van der Waals surface area contributed by atoms with Crippen molar-refractivity contribution in [1.29, 1.82) is 0 Å². The fraction of sp³-hybridized carbons (Fsp3) is 0.286. The Morgan fingerprint density at radius 2 is 2.00 bits per heavy atom. The van der Waals surface area contributed by atoms with Crippen LogP contribution in [0.15, 0.2) is 24.3 Å². The van der Waals surface area contributed by atoms with Crippen LogP contribution in [0.25, 0.3) is 0 Å². The Morgan fingerprint density at radius 1 is 1.26 bits per heavy atom. The molecule has 1 heterocycles. The lowest BCUT2D eigenvalue weighted by molar-refractivity contribution is 0.416. The summed E-state index contributed by atoms with van der Waals surface area (Å²) in [5, 5.41) is 3.40. The summed E-state index contributed by atoms with van der Waals surface area (Å²) in [6.45, 7) is 4.08. The van der Waals surface area contributed by atoms with Crippen LogP contribution in [0, 0.1) is 6.92 Å². The molecule has 0 amide bonds. The lowest BCUT2D eigenvalue weighted by Crippen LogP contribution is -2.07. The average molecular weight is 316 g/mol. The largest absolute Gasteiger partial charge is 0.495 e. The van der Waals surface area contributed by atoms with Crippen molar-refractivity contribution in [2.24, 2.45) is 0 Å². The molecule has 0 aliphatic heterocycles. The molecule has 0 aliphatic rings. The van der Waals surface area contributed by atoms with Gasteiger partial charge in [0.2, 0.25) is 0 Å². The van der Waals surface area contributed by atoms with E-state index < -0.39 is 0 Å². The van der Waals surface area contributed by atoms with Gasteiger partial charge in [0.25, 0.3) is 0 Å². The number of hydrogen-bond donors (Lipinski definition) is 1. The summed E-state index contributed by atoms with van der Waals surface area (Å²) in [6, 6.07) is 8.00. The monoisotopic (exact) mass is 315 g/mol. The van der Waals surface area contributed by atoms with Crippen LogP contribution in [0.4, 0.5) is 5.69 Å². The van der Waals surface area contributed by atoms with Crippen molar-refractivity contribution in [2.75, 3.05) is 12.4 Å². The number of benzene rings is 1. The van der Waals surface area contributed by atoms with Gasteiger partial charge in [-0.2, -0.15) is 0 Å². The first-order valence-corrected chi connectivity index (χ1v) is 7.44. The van der Waals surface area contributed by atoms with E-state index in [0.29, 0.717) is 4.34 Å². The normalized spacial score (nSPS) is 12.3. The number of methoxy groups -OCH3 is 1. The maximum atomic E-state index is 6.17. The van der Waals surface area contributed by atoms with Gasteiger partial charge in [0, 0.05) is 5.56 Å². The summed E-state index contributed by atoms with van der Waals surface area (Å²) in [7, 11) is 1.67. The van der Waals surface area contributed by atoms with E-state index in [1.54, 1.807) is 7.11 Å². The van der Waals surface area contributed by atoms with Crippen LogP contribution in [-0.4, -0.2) is 7.11 Å². The van der Waals surface area contributed by atoms with Crippen molar-refractivity contribution in [1.82, 2.24) is 0 Å². The highest BCUT2D eigenvalue weighted by atomic mass is 35.5. The van der Waals surface area contributed by atoms with Crippen molar-refractivity contribution >= 4 is 40.2 Å². The molecule has 1 unspecified atom stereocenters. The third-order valence-electron chi connectivity index (χ3n) is 2.88. The Morgan fingerprint density at radius 3 is 2.58 bits per heavy atom. The van der Waals surface area contributed by atoms with Gasteiger partial charge in [-0.3, -0.25) is 0 Å². The summed E-state index contributed by atoms with van der Waals surface area (Å²) >= 11 is 13.5. The standard InChI is InChI=1S/C14H15Cl2NOS/c1-8-4-5-11(12(6-8)18-3)17-9(2)10-7-13(15)19-14(10)16/h4-7,9,17H,1-3H3. The topological polar surface area (TPSA) is 21.3 Å². The van der Waals surface area contributed by atoms with E-state index >= 15 is 0 Å². The molecule has 1 N–H and O–H groups in total. The molecule has 0 fully saturated rings. The van der Waals surface area contributed by atoms with E-state index in [9.17, 15) is 0 Å². The number of nitrogens with one attached hydrogen (secondary N) is 1. The smallest absolute Gasteiger partial charge is 0.142 e. The predicted molar refractivity (Wildman–Crippen MR) is 84.1 cm³/mol. The van der Waals surface area contributed by atoms with Gasteiger partial charge in [0.1, 0.15) is 5.75 Å². The molecule has 102 valence electrons. The van der Waals surface area contributed by atoms with E-state index in [1.807, 2.05) is 38.1 Å². The SMILES string of the molecule is COc1cc(C)ccc1NC(C)c1cc(Cl)sc1Cl. The summed E-state index contributed by atoms with van der Waals surface area (Å²) in [5.41, 5.74) is 3.10. The van der Waals surface area contributed by atoms with Gasteiger partial charge in [0.05, 0.1) is 27.5 Å². The Bertz CT molecular complexity index is 583. The third kappa shape index (κ3) is 3.35. The van der Waals surface area contributed by atoms with Gasteiger partial charge in [-0.05, 0) is 37.6 Å². The van der Waals surface area contributed by atoms with Crippen molar-refractivity contribution in [3.8, 4) is 5.75 Å². The maximum Gasteiger partial charge on any atom is 0.142 e. The Hall–Kier alpha value is -0.900. The van der Waals surface area contributed by atoms with Crippen LogP contribution in [0.2, 0.25) is 8.67 Å². The van der Waals surface area contributed by atoms with Crippen molar-refractivity contribution in [3.05, 3.63) is 44.1 Å². The minimum Gasteiger partial charge on any atom is -0.495 e. The minimum atomic E-state index is 0.0628. The number of ether oxygens (including phenoxy) is 1. The molecule has 5 heteroatoms. The van der Waals surface area contributed by atoms with Gasteiger partial charge in [-0.15, -0.1) is 11.3 Å². The molecule has 0 bridgehead atoms. The number of anilines is 1. The molecule has 0 saturated carbocycles. The second-order valence-corrected chi connectivity index (χ2v) is 6.63. The maximum absolute atomic E-state index is 6.17. The lowest BCUT2D eigenvalue weighted by Gasteiger charge is -2.17. The zero-order valence-electron chi connectivity index (χ0n) is 11.0. The molecule has 0 radical (unpaired) electrons. The van der Waals surface area contributed by atoms with Crippen LogP contribution in [0.5, 0.6) is 5.75 Å². The molecular formula is C14H15Cl2NOS. The van der Waals surface area contributed by atoms with Gasteiger partial charge < -0.3 is 10.1 Å². The zero-order chi connectivity index (χ0) is 14.0. The van der Waals surface area contributed by atoms with Crippen LogP contribution < -0.4 is 10.1 Å². The fourth-order valence-electron chi connectivity index (χ4n) is 1.88. The van der Waals surface area contributed by atoms with Crippen molar-refractivity contribution in [3.63, 3.8) is 0 Å². The molecule has 0 aliphatic carbocycles. The summed E-state index contributed by atoms with van der Waals surface area (Å²) in [5.74, 6) is 0.823. The van der Waals surface area contributed by atoms with Gasteiger partial charge in [-0.1, -0.05) is 29.3 Å². The van der Waals surface area contributed by atoms with E-state index in [-0.39, 0.29) is 6.04 Å². The highest BCUT2D eigenvalue weighted by Gasteiger charge is 2.14. The number of aryl methyl sites for hydroxylation is 1. The molecule has 1 aromatic heterocycles. The summed E-state index contributed by atoms with van der Waals surface area (Å²) in [4.78, 5) is 0. The molecule has 2 rings (SSSR count). The van der Waals surface area contributed by atoms with E-state index in [1.165, 1.54) is 11.3 Å². The molecule has 19 heavy (non-hydrogen) atoms. The first kappa shape index (κ1) is 14.5. The third-order valence-corrected chi connectivity index (χ3v) is 4.40. The lowest BCUT2D eigenvalue weighted by atomic mass is 10.1. The van der Waals surface area contributed by atoms with Gasteiger partial charge in [0.15, 0.2) is 0 Å². The quantitative estimate of drug-likeness (QED) is 0.799. The Kier molecular flexibility index (Phi) is 4.61. The molecule has 2 nitrogen and oxygen atoms in total. The van der Waals surface area contributed by atoms with Crippen LogP contribution in [0.1, 0.15) is 24.1 Å². The molecule has 1 atom stereocenters. The number of rotatable bonds is 4. The molecule has 2 aromatic rings. The van der Waals surface area contributed by atoms with Crippen molar-refractivity contribution in [2.45, 2.75) is 19.9 Å². The van der Waals surface area contributed by atoms with E-state index in [4.69, 9.17) is 27.9 Å². The summed E-state index contributed by atoms with van der Waals surface area (Å²) < 4.78 is 6.80. The minimum absolute atomic E-state index is 0.0628. The predicted octanol–water partition coefficient (Wildman–Crippen LogP) is 5.55. The van der Waals surface area contributed by atoms with Crippen LogP contribution in [-0.2, 0) is 0 Å². The number of hydrogen-bond acceptors (Lipinski definition) is 3. The molecule has 0 saturated heterocycles. The first-order valence-electron chi connectivity index (χ1n) is 5.87. The first-order chi connectivity index (χ1) is 9.01. The molecule has 0 spiro atoms. The molecular weight excluding hydrogens is 301 g/mol. The zero-order valence-corrected chi connectivity index (χ0v) is 13.3. The van der Waals surface area contributed by atoms with Crippen LogP contribution >= 0.6 is 34.5 Å². The Labute approximate surface area is 127 Å². The average Bonchev–Trinajstić information content (AvgIpc) is 2.70.